The van der Waals surface area contributed by atoms with Crippen LogP contribution >= 0.6 is 0 Å². The number of hydrogen-bond acceptors (Lipinski definition) is 7. The lowest BCUT2D eigenvalue weighted by Gasteiger charge is -2.39. The quantitative estimate of drug-likeness (QED) is 0.392. The number of hydrogen-bond donors (Lipinski definition) is 1. The fourth-order valence-corrected chi connectivity index (χ4v) is 5.42. The van der Waals surface area contributed by atoms with Gasteiger partial charge in [0.05, 0.1) is 6.54 Å². The van der Waals surface area contributed by atoms with E-state index in [1.807, 2.05) is 6.07 Å². The normalized spacial score (nSPS) is 21.6. The molecule has 0 saturated carbocycles. The number of nitrogens with one attached hydrogen (secondary N) is 1. The second kappa shape index (κ2) is 11.5. The first-order valence-electron chi connectivity index (χ1n) is 13.0. The van der Waals surface area contributed by atoms with Crippen molar-refractivity contribution < 1.29 is 27.6 Å². The van der Waals surface area contributed by atoms with Gasteiger partial charge < -0.3 is 9.64 Å². The molecule has 0 aromatic carbocycles. The molecule has 206 valence electrons. The van der Waals surface area contributed by atoms with Crippen molar-refractivity contribution >= 4 is 21.8 Å². The van der Waals surface area contributed by atoms with E-state index >= 15 is 0 Å². The van der Waals surface area contributed by atoms with Gasteiger partial charge in [-0.2, -0.15) is 0 Å². The number of aromatic nitrogens is 1. The summed E-state index contributed by atoms with van der Waals surface area (Å²) in [4.78, 5) is 35.0. The average Bonchev–Trinajstić information content (AvgIpc) is 3.37. The fraction of sp³-hybridized carbons (Fsp3) is 0.630. The van der Waals surface area contributed by atoms with Crippen LogP contribution in [0.4, 0.5) is 4.79 Å². The zero-order valence-corrected chi connectivity index (χ0v) is 23.3. The van der Waals surface area contributed by atoms with Crippen molar-refractivity contribution in [1.29, 1.82) is 0 Å². The number of ether oxygens (including phenoxy) is 1. The van der Waals surface area contributed by atoms with Gasteiger partial charge in [0, 0.05) is 68.3 Å². The monoisotopic (exact) mass is 544 g/mol. The van der Waals surface area contributed by atoms with Gasteiger partial charge in [-0.1, -0.05) is 11.8 Å². The van der Waals surface area contributed by atoms with E-state index in [0.717, 1.165) is 37.9 Å². The maximum absolute atomic E-state index is 12.9. The Balaban J connectivity index is 1.32. The molecule has 0 radical (unpaired) electrons. The van der Waals surface area contributed by atoms with Crippen molar-refractivity contribution in [2.45, 2.75) is 70.1 Å². The lowest BCUT2D eigenvalue weighted by molar-refractivity contribution is -0.201. The van der Waals surface area contributed by atoms with Crippen LogP contribution in [0.2, 0.25) is 0 Å². The van der Waals surface area contributed by atoms with E-state index in [0.29, 0.717) is 37.1 Å². The molecule has 10 nitrogen and oxygen atoms in total. The molecule has 11 heteroatoms. The second-order valence-corrected chi connectivity index (χ2v) is 13.1. The topological polar surface area (TPSA) is 110 Å². The van der Waals surface area contributed by atoms with Crippen LogP contribution in [0.3, 0.4) is 0 Å². The first-order valence-corrected chi connectivity index (χ1v) is 14.9. The zero-order chi connectivity index (χ0) is 27.5. The summed E-state index contributed by atoms with van der Waals surface area (Å²) in [7, 11) is -3.82. The van der Waals surface area contributed by atoms with Gasteiger partial charge in [-0.3, -0.25) is 14.3 Å². The Morgan fingerprint density at radius 1 is 1.29 bits per heavy atom. The molecule has 2 atom stereocenters. The van der Waals surface area contributed by atoms with Crippen LogP contribution in [0.15, 0.2) is 12.3 Å². The predicted molar refractivity (Wildman–Crippen MR) is 141 cm³/mol. The highest BCUT2D eigenvalue weighted by Gasteiger charge is 2.45. The first kappa shape index (κ1) is 28.2. The molecule has 1 aromatic rings. The number of sulfone groups is 1. The Labute approximate surface area is 224 Å². The van der Waals surface area contributed by atoms with Crippen LogP contribution in [-0.2, 0) is 30.8 Å². The Kier molecular flexibility index (Phi) is 8.53. The summed E-state index contributed by atoms with van der Waals surface area (Å²) in [6, 6.07) is 2.08. The number of likely N-dealkylation sites (tertiary alicyclic amines) is 1. The van der Waals surface area contributed by atoms with Gasteiger partial charge >= 0.3 is 6.03 Å². The summed E-state index contributed by atoms with van der Waals surface area (Å²) in [6.07, 6.45) is 4.43. The third-order valence-corrected chi connectivity index (χ3v) is 9.52. The van der Waals surface area contributed by atoms with Gasteiger partial charge in [-0.05, 0) is 57.9 Å². The number of amides is 2. The predicted octanol–water partition coefficient (Wildman–Crippen LogP) is 1.73. The van der Waals surface area contributed by atoms with Crippen molar-refractivity contribution in [2.75, 3.05) is 32.5 Å². The van der Waals surface area contributed by atoms with Crippen LogP contribution in [0, 0.1) is 29.6 Å². The lowest BCUT2D eigenvalue weighted by atomic mass is 9.99. The smallest absolute Gasteiger partial charge is 0.328 e. The molecule has 4 rings (SSSR count). The molecular formula is C27H36N4O6S. The molecule has 0 spiro atoms. The summed E-state index contributed by atoms with van der Waals surface area (Å²) < 4.78 is 30.3. The van der Waals surface area contributed by atoms with Crippen molar-refractivity contribution in [3.63, 3.8) is 0 Å². The van der Waals surface area contributed by atoms with Crippen molar-refractivity contribution in [3.05, 3.63) is 23.5 Å². The molecule has 2 amide bonds. The minimum Gasteiger partial charge on any atom is -0.350 e. The molecule has 4 heterocycles. The van der Waals surface area contributed by atoms with Crippen LogP contribution in [-0.4, -0.2) is 84.3 Å². The molecule has 38 heavy (non-hydrogen) atoms. The largest absolute Gasteiger partial charge is 0.350 e. The van der Waals surface area contributed by atoms with Gasteiger partial charge in [0.15, 0.2) is 20.9 Å². The van der Waals surface area contributed by atoms with Crippen molar-refractivity contribution in [1.82, 2.24) is 19.8 Å². The van der Waals surface area contributed by atoms with E-state index in [4.69, 9.17) is 9.57 Å². The number of nitrogens with zero attached hydrogens (tertiary/aromatic N) is 3. The van der Waals surface area contributed by atoms with Gasteiger partial charge in [0.1, 0.15) is 0 Å². The number of rotatable bonds is 8. The first-order chi connectivity index (χ1) is 18.0. The second-order valence-electron chi connectivity index (χ2n) is 10.7. The summed E-state index contributed by atoms with van der Waals surface area (Å²) in [5, 5.41) is 0. The standard InChI is InChI=1S/C27H36N4O6S/c1-20(2)30-16-22(17-30)10-6-5-9-21-15-23-19-29(26(33)31(23)18-21)13-12-27(3,38(4,34)35)25(32)28-37-24-11-7-8-14-36-24/h15,18,20,22,24H,7-8,11-14,16-17,19H2,1-4H3,(H,28,32). The van der Waals surface area contributed by atoms with Gasteiger partial charge in [-0.15, -0.1) is 0 Å². The van der Waals surface area contributed by atoms with Crippen LogP contribution in [0.5, 0.6) is 0 Å². The Bertz CT molecular complexity index is 1290. The zero-order valence-electron chi connectivity index (χ0n) is 22.5. The van der Waals surface area contributed by atoms with E-state index in [2.05, 4.69) is 47.9 Å². The Morgan fingerprint density at radius 2 is 2.05 bits per heavy atom. The number of carbonyl (C=O) groups is 2. The van der Waals surface area contributed by atoms with Gasteiger partial charge in [0.2, 0.25) is 0 Å². The fourth-order valence-electron chi connectivity index (χ4n) is 4.58. The Hall–Kier alpha value is -2.83. The van der Waals surface area contributed by atoms with Gasteiger partial charge in [0.25, 0.3) is 5.91 Å². The third kappa shape index (κ3) is 6.24. The number of hydroxylamine groups is 1. The minimum atomic E-state index is -3.82. The molecule has 0 aliphatic carbocycles. The van der Waals surface area contributed by atoms with Crippen LogP contribution in [0.1, 0.15) is 57.7 Å². The van der Waals surface area contributed by atoms with Crippen LogP contribution in [0.25, 0.3) is 0 Å². The maximum Gasteiger partial charge on any atom is 0.328 e. The lowest BCUT2D eigenvalue weighted by Crippen LogP contribution is -2.52. The molecular weight excluding hydrogens is 508 g/mol. The summed E-state index contributed by atoms with van der Waals surface area (Å²) in [6.45, 7) is 8.54. The molecule has 1 aromatic heterocycles. The van der Waals surface area contributed by atoms with Crippen molar-refractivity contribution in [2.24, 2.45) is 5.92 Å². The molecule has 2 unspecified atom stereocenters. The highest BCUT2D eigenvalue weighted by molar-refractivity contribution is 7.92. The van der Waals surface area contributed by atoms with E-state index in [9.17, 15) is 18.0 Å². The Morgan fingerprint density at radius 3 is 2.68 bits per heavy atom. The van der Waals surface area contributed by atoms with E-state index in [1.54, 1.807) is 6.20 Å². The molecule has 1 N–H and O–H groups in total. The van der Waals surface area contributed by atoms with Crippen LogP contribution < -0.4 is 5.48 Å². The summed E-state index contributed by atoms with van der Waals surface area (Å²) in [5.41, 5.74) is 3.72. The van der Waals surface area contributed by atoms with Crippen molar-refractivity contribution in [3.8, 4) is 23.7 Å². The summed E-state index contributed by atoms with van der Waals surface area (Å²) in [5.74, 6) is 11.5. The molecule has 3 aliphatic heterocycles. The average molecular weight is 545 g/mol. The summed E-state index contributed by atoms with van der Waals surface area (Å²) >= 11 is 0. The highest BCUT2D eigenvalue weighted by Crippen LogP contribution is 2.26. The number of fused-ring (bicyclic) bond motifs is 1. The van der Waals surface area contributed by atoms with Gasteiger partial charge in [-0.25, -0.2) is 23.5 Å². The SMILES string of the molecule is CC(C)N1CC(C#CC#Cc2cc3n(c2)C(=O)N(CCC(C)(C(=O)NOC2CCCCO2)S(C)(=O)=O)C3)C1. The molecule has 2 fully saturated rings. The molecule has 2 saturated heterocycles. The van der Waals surface area contributed by atoms with E-state index in [1.165, 1.54) is 16.4 Å². The molecule has 0 bridgehead atoms. The van der Waals surface area contributed by atoms with E-state index < -0.39 is 26.8 Å². The van der Waals surface area contributed by atoms with E-state index in [-0.39, 0.29) is 19.0 Å². The highest BCUT2D eigenvalue weighted by atomic mass is 32.2. The third-order valence-electron chi connectivity index (χ3n) is 7.49. The number of carbonyl (C=O) groups excluding carboxylic acids is 2. The molecule has 3 aliphatic rings. The minimum absolute atomic E-state index is 0.0820. The maximum atomic E-state index is 12.9.